The highest BCUT2D eigenvalue weighted by atomic mass is 32.2. The van der Waals surface area contributed by atoms with E-state index < -0.39 is 27.8 Å². The summed E-state index contributed by atoms with van der Waals surface area (Å²) in [5.41, 5.74) is 2.78. The normalized spacial score (nSPS) is 12.0. The Morgan fingerprint density at radius 2 is 1.55 bits per heavy atom. The number of hydrogen-bond donors (Lipinski definition) is 3. The molecule has 0 aliphatic heterocycles. The summed E-state index contributed by atoms with van der Waals surface area (Å²) in [5, 5.41) is 6.55. The van der Waals surface area contributed by atoms with Crippen molar-refractivity contribution in [3.8, 4) is 11.1 Å². The third-order valence-electron chi connectivity index (χ3n) is 7.02. The van der Waals surface area contributed by atoms with Crippen molar-refractivity contribution in [1.29, 1.82) is 0 Å². The molecule has 0 fully saturated rings. The second-order valence-corrected chi connectivity index (χ2v) is 12.0. The lowest BCUT2D eigenvalue weighted by molar-refractivity contribution is -0.137. The van der Waals surface area contributed by atoms with Crippen molar-refractivity contribution in [2.75, 3.05) is 11.1 Å². The van der Waals surface area contributed by atoms with Crippen LogP contribution < -0.4 is 10.6 Å². The van der Waals surface area contributed by atoms with Gasteiger partial charge in [-0.05, 0) is 73.0 Å². The van der Waals surface area contributed by atoms with Crippen molar-refractivity contribution in [3.63, 3.8) is 0 Å². The minimum Gasteiger partial charge on any atom is -0.344 e. The summed E-state index contributed by atoms with van der Waals surface area (Å²) in [5.74, 6) is -0.891. The predicted octanol–water partition coefficient (Wildman–Crippen LogP) is 7.34. The maximum absolute atomic E-state index is 13.2. The Labute approximate surface area is 269 Å². The molecule has 0 bridgehead atoms. The number of fused-ring (bicyclic) bond motifs is 1. The molecule has 0 saturated heterocycles. The van der Waals surface area contributed by atoms with Crippen molar-refractivity contribution < 1.29 is 35.7 Å². The highest BCUT2D eigenvalue weighted by Crippen LogP contribution is 2.32. The molecule has 5 aromatic rings. The van der Waals surface area contributed by atoms with E-state index in [1.54, 1.807) is 54.7 Å². The minimum absolute atomic E-state index is 0.201. The SMILES string of the molecule is CCS(=O)(=O)O.CC[C@H](NC(=O)c1cnc2cc(NC(=O)c3ccccc3-c3ccc(C(F)(F)F)cc3)ccc2c1)c1ccccn1. The van der Waals surface area contributed by atoms with Crippen molar-refractivity contribution in [3.05, 3.63) is 126 Å². The third kappa shape index (κ3) is 9.44. The second kappa shape index (κ2) is 15.0. The van der Waals surface area contributed by atoms with Crippen LogP contribution in [0.3, 0.4) is 0 Å². The fourth-order valence-electron chi connectivity index (χ4n) is 4.50. The van der Waals surface area contributed by atoms with E-state index in [-0.39, 0.29) is 17.7 Å². The maximum atomic E-state index is 13.2. The van der Waals surface area contributed by atoms with Gasteiger partial charge in [0.25, 0.3) is 21.9 Å². The first-order valence-corrected chi connectivity index (χ1v) is 16.0. The topological polar surface area (TPSA) is 138 Å². The summed E-state index contributed by atoms with van der Waals surface area (Å²) in [7, 11) is -3.66. The number of halogens is 3. The number of benzene rings is 3. The number of amides is 2. The summed E-state index contributed by atoms with van der Waals surface area (Å²) in [6.45, 7) is 3.34. The molecule has 0 saturated carbocycles. The average Bonchev–Trinajstić information content (AvgIpc) is 3.06. The summed E-state index contributed by atoms with van der Waals surface area (Å²) in [6.07, 6.45) is -0.601. The highest BCUT2D eigenvalue weighted by Gasteiger charge is 2.30. The lowest BCUT2D eigenvalue weighted by Crippen LogP contribution is -2.28. The first-order valence-electron chi connectivity index (χ1n) is 14.4. The van der Waals surface area contributed by atoms with Crippen molar-refractivity contribution >= 4 is 38.5 Å². The minimum atomic E-state index is -4.44. The number of alkyl halides is 3. The van der Waals surface area contributed by atoms with E-state index in [1.165, 1.54) is 25.3 Å². The number of pyridine rings is 2. The van der Waals surface area contributed by atoms with Gasteiger partial charge in [-0.3, -0.25) is 24.1 Å². The van der Waals surface area contributed by atoms with E-state index in [1.807, 2.05) is 25.1 Å². The molecular weight excluding hydrogens is 633 g/mol. The molecule has 13 heteroatoms. The smallest absolute Gasteiger partial charge is 0.344 e. The van der Waals surface area contributed by atoms with Crippen LogP contribution in [0.15, 0.2) is 103 Å². The lowest BCUT2D eigenvalue weighted by Gasteiger charge is -2.16. The summed E-state index contributed by atoms with van der Waals surface area (Å²) >= 11 is 0. The number of carbonyl (C=O) groups excluding carboxylic acids is 2. The van der Waals surface area contributed by atoms with Crippen LogP contribution in [0, 0.1) is 0 Å². The van der Waals surface area contributed by atoms with Gasteiger partial charge in [0.2, 0.25) is 0 Å². The number of aromatic nitrogens is 2. The van der Waals surface area contributed by atoms with Gasteiger partial charge in [-0.1, -0.05) is 49.4 Å². The molecule has 2 amide bonds. The Bertz CT molecular complexity index is 1970. The van der Waals surface area contributed by atoms with Crippen LogP contribution in [0.5, 0.6) is 0 Å². The standard InChI is InChI=1S/C32H25F3N4O2.C2H6O3S/c1-2-27(28-9-5-6-16-36-28)39-30(40)22-17-21-12-15-24(18-29(21)37-19-22)38-31(41)26-8-4-3-7-25(26)20-10-13-23(14-11-20)32(33,34)35;1-2-6(3,4)5/h3-19,27H,2H2,1H3,(H,38,41)(H,39,40);2H2,1H3,(H,3,4,5)/t27-;/m0./s1. The van der Waals surface area contributed by atoms with Gasteiger partial charge < -0.3 is 10.6 Å². The second-order valence-electron chi connectivity index (χ2n) is 10.3. The first kappa shape index (κ1) is 34.7. The van der Waals surface area contributed by atoms with E-state index in [9.17, 15) is 31.2 Å². The Morgan fingerprint density at radius 3 is 2.17 bits per heavy atom. The van der Waals surface area contributed by atoms with Gasteiger partial charge in [0.1, 0.15) is 0 Å². The zero-order chi connectivity index (χ0) is 34.2. The van der Waals surface area contributed by atoms with Gasteiger partial charge in [-0.15, -0.1) is 0 Å². The van der Waals surface area contributed by atoms with Gasteiger partial charge in [-0.2, -0.15) is 21.6 Å². The van der Waals surface area contributed by atoms with Gasteiger partial charge in [0.05, 0.1) is 34.1 Å². The molecule has 0 unspecified atom stereocenters. The van der Waals surface area contributed by atoms with Crippen LogP contribution in [0.2, 0.25) is 0 Å². The number of nitrogens with zero attached hydrogens (tertiary/aromatic N) is 2. The molecule has 3 N–H and O–H groups in total. The van der Waals surface area contributed by atoms with Crippen LogP contribution >= 0.6 is 0 Å². The van der Waals surface area contributed by atoms with Crippen LogP contribution in [0.4, 0.5) is 18.9 Å². The molecule has 2 heterocycles. The summed E-state index contributed by atoms with van der Waals surface area (Å²) < 4.78 is 65.9. The average molecular weight is 665 g/mol. The number of hydrogen-bond acceptors (Lipinski definition) is 6. The van der Waals surface area contributed by atoms with Crippen LogP contribution in [0.1, 0.15) is 58.3 Å². The van der Waals surface area contributed by atoms with Crippen LogP contribution in [0.25, 0.3) is 22.0 Å². The third-order valence-corrected chi connectivity index (χ3v) is 7.75. The van der Waals surface area contributed by atoms with Crippen LogP contribution in [-0.2, 0) is 16.3 Å². The van der Waals surface area contributed by atoms with E-state index in [0.717, 1.165) is 17.8 Å². The quantitative estimate of drug-likeness (QED) is 0.148. The highest BCUT2D eigenvalue weighted by molar-refractivity contribution is 7.85. The molecule has 0 aliphatic carbocycles. The summed E-state index contributed by atoms with van der Waals surface area (Å²) in [4.78, 5) is 34.9. The monoisotopic (exact) mass is 664 g/mol. The molecule has 5 rings (SSSR count). The van der Waals surface area contributed by atoms with Crippen molar-refractivity contribution in [2.24, 2.45) is 0 Å². The molecule has 0 spiro atoms. The molecule has 0 aliphatic rings. The maximum Gasteiger partial charge on any atom is 0.416 e. The zero-order valence-electron chi connectivity index (χ0n) is 25.3. The molecule has 47 heavy (non-hydrogen) atoms. The Hall–Kier alpha value is -5.14. The van der Waals surface area contributed by atoms with Crippen LogP contribution in [-0.4, -0.2) is 40.5 Å². The molecule has 0 radical (unpaired) electrons. The van der Waals surface area contributed by atoms with Gasteiger partial charge >= 0.3 is 6.18 Å². The Balaban J connectivity index is 0.000000762. The largest absolute Gasteiger partial charge is 0.416 e. The number of rotatable bonds is 8. The number of anilines is 1. The lowest BCUT2D eigenvalue weighted by atomic mass is 9.98. The molecule has 2 aromatic heterocycles. The van der Waals surface area contributed by atoms with Gasteiger partial charge in [0, 0.05) is 29.0 Å². The fraction of sp³-hybridized carbons (Fsp3) is 0.176. The first-order chi connectivity index (χ1) is 22.3. The molecule has 244 valence electrons. The van der Waals surface area contributed by atoms with Gasteiger partial charge in [-0.25, -0.2) is 0 Å². The zero-order valence-corrected chi connectivity index (χ0v) is 26.1. The van der Waals surface area contributed by atoms with E-state index in [0.29, 0.717) is 45.3 Å². The van der Waals surface area contributed by atoms with Crippen molar-refractivity contribution in [2.45, 2.75) is 32.5 Å². The number of carbonyl (C=O) groups is 2. The van der Waals surface area contributed by atoms with Gasteiger partial charge in [0.15, 0.2) is 0 Å². The molecular formula is C34H31F3N4O5S. The Morgan fingerprint density at radius 1 is 0.872 bits per heavy atom. The predicted molar refractivity (Wildman–Crippen MR) is 173 cm³/mol. The van der Waals surface area contributed by atoms with E-state index >= 15 is 0 Å². The van der Waals surface area contributed by atoms with E-state index in [2.05, 4.69) is 20.6 Å². The fourth-order valence-corrected chi connectivity index (χ4v) is 4.50. The Kier molecular flexibility index (Phi) is 11.1. The molecule has 9 nitrogen and oxygen atoms in total. The molecule has 3 aromatic carbocycles. The number of nitrogens with one attached hydrogen (secondary N) is 2. The summed E-state index contributed by atoms with van der Waals surface area (Å²) in [6, 6.07) is 23.6. The van der Waals surface area contributed by atoms with Crippen molar-refractivity contribution in [1.82, 2.24) is 15.3 Å². The molecule has 1 atom stereocenters. The van der Waals surface area contributed by atoms with E-state index in [4.69, 9.17) is 4.55 Å².